The number of ether oxygens (including phenoxy) is 1. The minimum absolute atomic E-state index is 0.123. The summed E-state index contributed by atoms with van der Waals surface area (Å²) in [7, 11) is 1.60. The van der Waals surface area contributed by atoms with E-state index in [-0.39, 0.29) is 5.75 Å². The zero-order valence-corrected chi connectivity index (χ0v) is 12.4. The molecule has 0 atom stereocenters. The maximum atomic E-state index is 10.9. The molecule has 0 saturated carbocycles. The van der Waals surface area contributed by atoms with Gasteiger partial charge in [0.25, 0.3) is 0 Å². The topological polar surface area (TPSA) is 109 Å². The van der Waals surface area contributed by atoms with E-state index in [9.17, 15) is 4.79 Å². The molecule has 0 unspecified atom stereocenters. The normalized spacial score (nSPS) is 10.8. The molecular weight excluding hydrogens is 304 g/mol. The Morgan fingerprint density at radius 1 is 1.41 bits per heavy atom. The largest absolute Gasteiger partial charge is 0.497 e. The molecule has 2 aromatic heterocycles. The Morgan fingerprint density at radius 2 is 2.27 bits per heavy atom. The SMILES string of the molecule is COc1cccc(-n2nnc3c(SCC(N)=O)ncnc32)c1. The van der Waals surface area contributed by atoms with Crippen molar-refractivity contribution in [3.8, 4) is 11.4 Å². The maximum absolute atomic E-state index is 10.9. The van der Waals surface area contributed by atoms with Gasteiger partial charge >= 0.3 is 0 Å². The third kappa shape index (κ3) is 2.70. The number of carbonyl (C=O) groups excluding carboxylic acids is 1. The van der Waals surface area contributed by atoms with E-state index in [2.05, 4.69) is 20.3 Å². The first-order chi connectivity index (χ1) is 10.7. The Kier molecular flexibility index (Phi) is 3.88. The van der Waals surface area contributed by atoms with Gasteiger partial charge in [0.2, 0.25) is 5.91 Å². The van der Waals surface area contributed by atoms with Crippen LogP contribution in [0.3, 0.4) is 0 Å². The molecule has 0 fully saturated rings. The highest BCUT2D eigenvalue weighted by atomic mass is 32.2. The van der Waals surface area contributed by atoms with Crippen LogP contribution < -0.4 is 10.5 Å². The van der Waals surface area contributed by atoms with Crippen molar-refractivity contribution in [2.24, 2.45) is 5.73 Å². The number of carbonyl (C=O) groups is 1. The van der Waals surface area contributed by atoms with Gasteiger partial charge in [0, 0.05) is 6.07 Å². The zero-order valence-electron chi connectivity index (χ0n) is 11.6. The highest BCUT2D eigenvalue weighted by Crippen LogP contribution is 2.24. The van der Waals surface area contributed by atoms with Crippen molar-refractivity contribution in [3.63, 3.8) is 0 Å². The maximum Gasteiger partial charge on any atom is 0.227 e. The zero-order chi connectivity index (χ0) is 15.5. The summed E-state index contributed by atoms with van der Waals surface area (Å²) in [5.74, 6) is 0.411. The summed E-state index contributed by atoms with van der Waals surface area (Å²) in [5, 5.41) is 8.78. The Bertz CT molecular complexity index is 834. The minimum atomic E-state index is -0.419. The Balaban J connectivity index is 2.05. The second-order valence-corrected chi connectivity index (χ2v) is 5.27. The summed E-state index contributed by atoms with van der Waals surface area (Å²) in [4.78, 5) is 19.2. The summed E-state index contributed by atoms with van der Waals surface area (Å²) in [5.41, 5.74) is 7.00. The van der Waals surface area contributed by atoms with Crippen molar-refractivity contribution in [1.29, 1.82) is 0 Å². The van der Waals surface area contributed by atoms with Crippen LogP contribution in [0.15, 0.2) is 35.6 Å². The van der Waals surface area contributed by atoms with Crippen molar-refractivity contribution in [2.75, 3.05) is 12.9 Å². The Labute approximate surface area is 129 Å². The van der Waals surface area contributed by atoms with Crippen LogP contribution in [0.1, 0.15) is 0 Å². The fraction of sp³-hybridized carbons (Fsp3) is 0.154. The van der Waals surface area contributed by atoms with Gasteiger partial charge in [-0.05, 0) is 12.1 Å². The van der Waals surface area contributed by atoms with Gasteiger partial charge in [-0.2, -0.15) is 4.68 Å². The highest BCUT2D eigenvalue weighted by molar-refractivity contribution is 8.00. The lowest BCUT2D eigenvalue weighted by atomic mass is 10.3. The third-order valence-electron chi connectivity index (χ3n) is 2.85. The van der Waals surface area contributed by atoms with Crippen molar-refractivity contribution in [2.45, 2.75) is 5.03 Å². The number of aromatic nitrogens is 5. The van der Waals surface area contributed by atoms with Crippen LogP contribution in [0.4, 0.5) is 0 Å². The molecule has 0 aliphatic rings. The molecule has 112 valence electrons. The molecule has 9 heteroatoms. The lowest BCUT2D eigenvalue weighted by Crippen LogP contribution is -2.13. The second kappa shape index (κ2) is 5.98. The van der Waals surface area contributed by atoms with Gasteiger partial charge < -0.3 is 10.5 Å². The number of primary amides is 1. The van der Waals surface area contributed by atoms with E-state index in [1.165, 1.54) is 18.1 Å². The van der Waals surface area contributed by atoms with Crippen LogP contribution in [-0.4, -0.2) is 43.7 Å². The van der Waals surface area contributed by atoms with Gasteiger partial charge in [0.15, 0.2) is 11.2 Å². The number of nitrogens with two attached hydrogens (primary N) is 1. The fourth-order valence-corrected chi connectivity index (χ4v) is 2.56. The second-order valence-electron chi connectivity index (χ2n) is 4.31. The van der Waals surface area contributed by atoms with E-state index < -0.39 is 5.91 Å². The lowest BCUT2D eigenvalue weighted by molar-refractivity contribution is -0.115. The van der Waals surface area contributed by atoms with Crippen LogP contribution in [0.25, 0.3) is 16.9 Å². The van der Waals surface area contributed by atoms with Gasteiger partial charge in [-0.3, -0.25) is 4.79 Å². The first kappa shape index (κ1) is 14.3. The average Bonchev–Trinajstić information content (AvgIpc) is 2.97. The van der Waals surface area contributed by atoms with Crippen molar-refractivity contribution < 1.29 is 9.53 Å². The summed E-state index contributed by atoms with van der Waals surface area (Å²) in [6.07, 6.45) is 1.41. The van der Waals surface area contributed by atoms with Crippen molar-refractivity contribution in [3.05, 3.63) is 30.6 Å². The van der Waals surface area contributed by atoms with Gasteiger partial charge in [0.1, 0.15) is 17.1 Å². The molecule has 8 nitrogen and oxygen atoms in total. The first-order valence-corrected chi connectivity index (χ1v) is 7.29. The highest BCUT2D eigenvalue weighted by Gasteiger charge is 2.14. The summed E-state index contributed by atoms with van der Waals surface area (Å²) < 4.78 is 6.79. The van der Waals surface area contributed by atoms with E-state index in [0.717, 1.165) is 5.69 Å². The van der Waals surface area contributed by atoms with E-state index >= 15 is 0 Å². The predicted octanol–water partition coefficient (Wildman–Crippen LogP) is 0.796. The molecule has 3 aromatic rings. The fourth-order valence-electron chi connectivity index (χ4n) is 1.89. The smallest absolute Gasteiger partial charge is 0.227 e. The van der Waals surface area contributed by atoms with E-state index in [4.69, 9.17) is 10.5 Å². The molecule has 3 rings (SSSR count). The molecule has 1 aromatic carbocycles. The lowest BCUT2D eigenvalue weighted by Gasteiger charge is -2.04. The molecule has 2 N–H and O–H groups in total. The van der Waals surface area contributed by atoms with E-state index in [1.807, 2.05) is 24.3 Å². The predicted molar refractivity (Wildman–Crippen MR) is 80.9 cm³/mol. The number of hydrogen-bond acceptors (Lipinski definition) is 7. The number of thioether (sulfide) groups is 1. The van der Waals surface area contributed by atoms with Crippen LogP contribution >= 0.6 is 11.8 Å². The molecule has 0 radical (unpaired) electrons. The number of nitrogens with zero attached hydrogens (tertiary/aromatic N) is 5. The first-order valence-electron chi connectivity index (χ1n) is 6.31. The molecule has 1 amide bonds. The number of fused-ring (bicyclic) bond motifs is 1. The van der Waals surface area contributed by atoms with Crippen LogP contribution in [0, 0.1) is 0 Å². The summed E-state index contributed by atoms with van der Waals surface area (Å²) in [6, 6.07) is 7.39. The number of rotatable bonds is 5. The van der Waals surface area contributed by atoms with E-state index in [1.54, 1.807) is 11.8 Å². The minimum Gasteiger partial charge on any atom is -0.497 e. The summed E-state index contributed by atoms with van der Waals surface area (Å²) >= 11 is 1.21. The molecule has 0 saturated heterocycles. The summed E-state index contributed by atoms with van der Waals surface area (Å²) in [6.45, 7) is 0. The van der Waals surface area contributed by atoms with Crippen molar-refractivity contribution in [1.82, 2.24) is 25.0 Å². The number of hydrogen-bond donors (Lipinski definition) is 1. The number of amides is 1. The average molecular weight is 316 g/mol. The molecule has 0 aliphatic carbocycles. The van der Waals surface area contributed by atoms with Crippen LogP contribution in [0.5, 0.6) is 5.75 Å². The Morgan fingerprint density at radius 3 is 3.05 bits per heavy atom. The number of benzene rings is 1. The molecule has 22 heavy (non-hydrogen) atoms. The molecular formula is C13H12N6O2S. The third-order valence-corrected chi connectivity index (χ3v) is 3.85. The van der Waals surface area contributed by atoms with Gasteiger partial charge in [-0.25, -0.2) is 9.97 Å². The van der Waals surface area contributed by atoms with Gasteiger partial charge in [-0.15, -0.1) is 5.10 Å². The van der Waals surface area contributed by atoms with Gasteiger partial charge in [0.05, 0.1) is 18.6 Å². The van der Waals surface area contributed by atoms with Crippen LogP contribution in [0.2, 0.25) is 0 Å². The number of methoxy groups -OCH3 is 1. The molecule has 0 bridgehead atoms. The van der Waals surface area contributed by atoms with Gasteiger partial charge in [-0.1, -0.05) is 23.0 Å². The van der Waals surface area contributed by atoms with Crippen LogP contribution in [-0.2, 0) is 4.79 Å². The Hall–Kier alpha value is -2.68. The monoisotopic (exact) mass is 316 g/mol. The molecule has 2 heterocycles. The molecule has 0 aliphatic heterocycles. The standard InChI is InChI=1S/C13H12N6O2S/c1-21-9-4-2-3-8(5-9)19-12-11(17-18-19)13(16-7-15-12)22-6-10(14)20/h2-5,7H,6H2,1H3,(H2,14,20). The quantitative estimate of drug-likeness (QED) is 0.547. The van der Waals surface area contributed by atoms with Crippen molar-refractivity contribution >= 4 is 28.8 Å². The molecule has 0 spiro atoms. The van der Waals surface area contributed by atoms with E-state index in [0.29, 0.717) is 21.9 Å².